The van der Waals surface area contributed by atoms with Gasteiger partial charge in [0.15, 0.2) is 0 Å². The SMILES string of the molecule is CCCCC1CC(C(=O)O)C1. The summed E-state index contributed by atoms with van der Waals surface area (Å²) >= 11 is 0. The summed E-state index contributed by atoms with van der Waals surface area (Å²) in [7, 11) is 0. The van der Waals surface area contributed by atoms with Gasteiger partial charge >= 0.3 is 5.97 Å². The Morgan fingerprint density at radius 3 is 2.64 bits per heavy atom. The second kappa shape index (κ2) is 3.74. The zero-order chi connectivity index (χ0) is 8.27. The van der Waals surface area contributed by atoms with Gasteiger partial charge < -0.3 is 5.11 Å². The van der Waals surface area contributed by atoms with Crippen molar-refractivity contribution in [1.29, 1.82) is 0 Å². The van der Waals surface area contributed by atoms with E-state index in [1.165, 1.54) is 19.3 Å². The van der Waals surface area contributed by atoms with Gasteiger partial charge in [-0.05, 0) is 18.8 Å². The fourth-order valence-corrected chi connectivity index (χ4v) is 1.67. The van der Waals surface area contributed by atoms with Crippen molar-refractivity contribution >= 4 is 5.97 Å². The van der Waals surface area contributed by atoms with E-state index >= 15 is 0 Å². The molecule has 0 aromatic rings. The van der Waals surface area contributed by atoms with Crippen LogP contribution in [0.5, 0.6) is 0 Å². The molecule has 0 heterocycles. The molecular formula is C9H16O2. The fraction of sp³-hybridized carbons (Fsp3) is 0.889. The molecule has 1 rings (SSSR count). The van der Waals surface area contributed by atoms with Crippen LogP contribution in [-0.4, -0.2) is 11.1 Å². The highest BCUT2D eigenvalue weighted by atomic mass is 16.4. The van der Waals surface area contributed by atoms with E-state index in [4.69, 9.17) is 5.11 Å². The normalized spacial score (nSPS) is 29.5. The van der Waals surface area contributed by atoms with Crippen molar-refractivity contribution in [2.75, 3.05) is 0 Å². The van der Waals surface area contributed by atoms with Gasteiger partial charge in [-0.1, -0.05) is 26.2 Å². The minimum Gasteiger partial charge on any atom is -0.481 e. The number of carboxylic acid groups (broad SMARTS) is 1. The largest absolute Gasteiger partial charge is 0.481 e. The smallest absolute Gasteiger partial charge is 0.306 e. The van der Waals surface area contributed by atoms with Crippen LogP contribution in [0.15, 0.2) is 0 Å². The standard InChI is InChI=1S/C9H16O2/c1-2-3-4-7-5-8(6-7)9(10)11/h7-8H,2-6H2,1H3,(H,10,11). The van der Waals surface area contributed by atoms with E-state index in [1.54, 1.807) is 0 Å². The molecule has 1 aliphatic carbocycles. The van der Waals surface area contributed by atoms with Crippen LogP contribution in [0.25, 0.3) is 0 Å². The van der Waals surface area contributed by atoms with Crippen molar-refractivity contribution in [2.24, 2.45) is 11.8 Å². The van der Waals surface area contributed by atoms with E-state index < -0.39 is 5.97 Å². The molecule has 0 amide bonds. The van der Waals surface area contributed by atoms with E-state index in [0.29, 0.717) is 0 Å². The summed E-state index contributed by atoms with van der Waals surface area (Å²) in [4.78, 5) is 10.4. The Morgan fingerprint density at radius 1 is 1.55 bits per heavy atom. The van der Waals surface area contributed by atoms with Crippen molar-refractivity contribution in [3.63, 3.8) is 0 Å². The number of aliphatic carboxylic acids is 1. The van der Waals surface area contributed by atoms with Crippen molar-refractivity contribution in [2.45, 2.75) is 39.0 Å². The van der Waals surface area contributed by atoms with Crippen LogP contribution in [0.3, 0.4) is 0 Å². The van der Waals surface area contributed by atoms with Crippen molar-refractivity contribution in [3.05, 3.63) is 0 Å². The topological polar surface area (TPSA) is 37.3 Å². The zero-order valence-corrected chi connectivity index (χ0v) is 7.05. The summed E-state index contributed by atoms with van der Waals surface area (Å²) in [6.07, 6.45) is 5.58. The number of rotatable bonds is 4. The number of carbonyl (C=O) groups is 1. The second-order valence-electron chi connectivity index (χ2n) is 3.51. The van der Waals surface area contributed by atoms with Gasteiger partial charge in [-0.15, -0.1) is 0 Å². The van der Waals surface area contributed by atoms with Crippen LogP contribution in [0, 0.1) is 11.8 Å². The molecule has 2 nitrogen and oxygen atoms in total. The van der Waals surface area contributed by atoms with Crippen molar-refractivity contribution in [3.8, 4) is 0 Å². The molecule has 0 aromatic carbocycles. The van der Waals surface area contributed by atoms with Crippen LogP contribution in [-0.2, 0) is 4.79 Å². The van der Waals surface area contributed by atoms with Gasteiger partial charge in [0.2, 0.25) is 0 Å². The van der Waals surface area contributed by atoms with Gasteiger partial charge in [0.05, 0.1) is 5.92 Å². The second-order valence-corrected chi connectivity index (χ2v) is 3.51. The molecule has 0 unspecified atom stereocenters. The Hall–Kier alpha value is -0.530. The molecule has 0 aromatic heterocycles. The first-order valence-corrected chi connectivity index (χ1v) is 4.46. The molecule has 1 N–H and O–H groups in total. The molecule has 1 fully saturated rings. The summed E-state index contributed by atoms with van der Waals surface area (Å²) in [6, 6.07) is 0. The Morgan fingerprint density at radius 2 is 2.18 bits per heavy atom. The number of unbranched alkanes of at least 4 members (excludes halogenated alkanes) is 1. The molecule has 1 saturated carbocycles. The van der Waals surface area contributed by atoms with Crippen LogP contribution in [0.4, 0.5) is 0 Å². The molecule has 0 bridgehead atoms. The summed E-state index contributed by atoms with van der Waals surface area (Å²) in [5.41, 5.74) is 0. The average molecular weight is 156 g/mol. The third-order valence-electron chi connectivity index (χ3n) is 2.55. The maximum Gasteiger partial charge on any atom is 0.306 e. The van der Waals surface area contributed by atoms with Gasteiger partial charge in [0.1, 0.15) is 0 Å². The van der Waals surface area contributed by atoms with Gasteiger partial charge in [-0.2, -0.15) is 0 Å². The molecule has 0 atom stereocenters. The third-order valence-corrected chi connectivity index (χ3v) is 2.55. The molecule has 2 heteroatoms. The van der Waals surface area contributed by atoms with Crippen LogP contribution >= 0.6 is 0 Å². The Balaban J connectivity index is 2.05. The lowest BCUT2D eigenvalue weighted by molar-refractivity contribution is -0.146. The van der Waals surface area contributed by atoms with E-state index in [9.17, 15) is 4.79 Å². The molecule has 11 heavy (non-hydrogen) atoms. The lowest BCUT2D eigenvalue weighted by Crippen LogP contribution is -2.30. The minimum atomic E-state index is -0.599. The Bertz CT molecular complexity index is 136. The van der Waals surface area contributed by atoms with Crippen LogP contribution in [0.1, 0.15) is 39.0 Å². The number of hydrogen-bond donors (Lipinski definition) is 1. The summed E-state index contributed by atoms with van der Waals surface area (Å²) in [5.74, 6) is 0.102. The number of hydrogen-bond acceptors (Lipinski definition) is 1. The summed E-state index contributed by atoms with van der Waals surface area (Å²) < 4.78 is 0. The first-order valence-electron chi connectivity index (χ1n) is 4.46. The van der Waals surface area contributed by atoms with E-state index in [0.717, 1.165) is 18.8 Å². The van der Waals surface area contributed by atoms with E-state index in [-0.39, 0.29) is 5.92 Å². The lowest BCUT2D eigenvalue weighted by Gasteiger charge is -2.32. The van der Waals surface area contributed by atoms with Gasteiger partial charge in [-0.3, -0.25) is 4.79 Å². The fourth-order valence-electron chi connectivity index (χ4n) is 1.67. The van der Waals surface area contributed by atoms with Crippen LogP contribution in [0.2, 0.25) is 0 Å². The number of carboxylic acids is 1. The highest BCUT2D eigenvalue weighted by molar-refractivity contribution is 5.71. The predicted molar refractivity (Wildman–Crippen MR) is 43.4 cm³/mol. The Kier molecular flexibility index (Phi) is 2.92. The minimum absolute atomic E-state index is 0.0168. The summed E-state index contributed by atoms with van der Waals surface area (Å²) in [6.45, 7) is 2.17. The van der Waals surface area contributed by atoms with Gasteiger partial charge in [0, 0.05) is 0 Å². The monoisotopic (exact) mass is 156 g/mol. The highest BCUT2D eigenvalue weighted by Crippen LogP contribution is 2.36. The van der Waals surface area contributed by atoms with Crippen molar-refractivity contribution < 1.29 is 9.90 Å². The first-order chi connectivity index (χ1) is 5.24. The molecule has 0 saturated heterocycles. The molecule has 1 aliphatic rings. The van der Waals surface area contributed by atoms with Gasteiger partial charge in [0.25, 0.3) is 0 Å². The van der Waals surface area contributed by atoms with Gasteiger partial charge in [-0.25, -0.2) is 0 Å². The average Bonchev–Trinajstić information content (AvgIpc) is 1.84. The molecule has 0 spiro atoms. The predicted octanol–water partition coefficient (Wildman–Crippen LogP) is 2.29. The van der Waals surface area contributed by atoms with E-state index in [1.807, 2.05) is 0 Å². The lowest BCUT2D eigenvalue weighted by atomic mass is 9.73. The maximum absolute atomic E-state index is 10.4. The molecule has 0 aliphatic heterocycles. The Labute approximate surface area is 67.6 Å². The molecule has 0 radical (unpaired) electrons. The highest BCUT2D eigenvalue weighted by Gasteiger charge is 2.33. The summed E-state index contributed by atoms with van der Waals surface area (Å²) in [5, 5.41) is 8.58. The zero-order valence-electron chi connectivity index (χ0n) is 7.05. The van der Waals surface area contributed by atoms with Crippen molar-refractivity contribution in [1.82, 2.24) is 0 Å². The quantitative estimate of drug-likeness (QED) is 0.678. The molecular weight excluding hydrogens is 140 g/mol. The first kappa shape index (κ1) is 8.57. The molecule has 64 valence electrons. The van der Waals surface area contributed by atoms with E-state index in [2.05, 4.69) is 6.92 Å². The third kappa shape index (κ3) is 2.21. The van der Waals surface area contributed by atoms with Crippen LogP contribution < -0.4 is 0 Å². The maximum atomic E-state index is 10.4.